The second-order valence-electron chi connectivity index (χ2n) is 4.68. The predicted octanol–water partition coefficient (Wildman–Crippen LogP) is 1.08. The lowest BCUT2D eigenvalue weighted by Crippen LogP contribution is -2.27. The molecule has 0 atom stereocenters. The van der Waals surface area contributed by atoms with Gasteiger partial charge >= 0.3 is 0 Å². The monoisotopic (exact) mass is 252 g/mol. The van der Waals surface area contributed by atoms with Gasteiger partial charge in [-0.2, -0.15) is 0 Å². The lowest BCUT2D eigenvalue weighted by atomic mass is 9.83. The van der Waals surface area contributed by atoms with E-state index in [1.165, 1.54) is 0 Å². The normalized spacial score (nSPS) is 17.6. The Morgan fingerprint density at radius 3 is 1.83 bits per heavy atom. The maximum Gasteiger partial charge on any atom is 0.203 e. The molecule has 0 spiro atoms. The van der Waals surface area contributed by atoms with Gasteiger partial charge in [0, 0.05) is 18.5 Å². The zero-order valence-electron chi connectivity index (χ0n) is 11.3. The minimum atomic E-state index is 0.0207. The van der Waals surface area contributed by atoms with Crippen molar-refractivity contribution in [2.75, 3.05) is 34.4 Å². The van der Waals surface area contributed by atoms with E-state index in [1.54, 1.807) is 21.3 Å². The zero-order valence-corrected chi connectivity index (χ0v) is 11.3. The Kier molecular flexibility index (Phi) is 3.63. The van der Waals surface area contributed by atoms with Crippen molar-refractivity contribution in [2.24, 2.45) is 0 Å². The standard InChI is InChI=1S/C13H20N2O3/c1-13(7-14-15-8-13)9-5-10(16-2)12(18-4)11(6-9)17-3/h5-6,14-15H,7-8H2,1-4H3. The van der Waals surface area contributed by atoms with Gasteiger partial charge in [-0.25, -0.2) is 0 Å². The molecule has 100 valence electrons. The van der Waals surface area contributed by atoms with Crippen LogP contribution in [0.4, 0.5) is 0 Å². The maximum atomic E-state index is 5.38. The predicted molar refractivity (Wildman–Crippen MR) is 69.5 cm³/mol. The van der Waals surface area contributed by atoms with Crippen LogP contribution in [0.15, 0.2) is 12.1 Å². The summed E-state index contributed by atoms with van der Waals surface area (Å²) in [7, 11) is 4.88. The summed E-state index contributed by atoms with van der Waals surface area (Å²) in [4.78, 5) is 0. The highest BCUT2D eigenvalue weighted by Crippen LogP contribution is 2.41. The van der Waals surface area contributed by atoms with Crippen molar-refractivity contribution in [3.8, 4) is 17.2 Å². The first kappa shape index (κ1) is 13.0. The third-order valence-corrected chi connectivity index (χ3v) is 3.44. The van der Waals surface area contributed by atoms with Crippen molar-refractivity contribution in [3.63, 3.8) is 0 Å². The van der Waals surface area contributed by atoms with Crippen LogP contribution in [0.3, 0.4) is 0 Å². The Labute approximate surface area is 107 Å². The Hall–Kier alpha value is -1.46. The minimum absolute atomic E-state index is 0.0207. The summed E-state index contributed by atoms with van der Waals surface area (Å²) in [6.07, 6.45) is 0. The van der Waals surface area contributed by atoms with E-state index in [2.05, 4.69) is 17.8 Å². The van der Waals surface area contributed by atoms with E-state index in [0.717, 1.165) is 18.7 Å². The molecule has 0 unspecified atom stereocenters. The van der Waals surface area contributed by atoms with Crippen molar-refractivity contribution in [1.82, 2.24) is 10.9 Å². The van der Waals surface area contributed by atoms with Crippen LogP contribution in [0.5, 0.6) is 17.2 Å². The summed E-state index contributed by atoms with van der Waals surface area (Å²) < 4.78 is 16.1. The second-order valence-corrected chi connectivity index (χ2v) is 4.68. The van der Waals surface area contributed by atoms with Crippen LogP contribution >= 0.6 is 0 Å². The number of hydrogen-bond donors (Lipinski definition) is 2. The first-order valence-electron chi connectivity index (χ1n) is 5.91. The van der Waals surface area contributed by atoms with Crippen molar-refractivity contribution in [3.05, 3.63) is 17.7 Å². The maximum absolute atomic E-state index is 5.38. The molecular formula is C13H20N2O3. The number of benzene rings is 1. The first-order chi connectivity index (χ1) is 8.64. The summed E-state index contributed by atoms with van der Waals surface area (Å²) in [6.45, 7) is 3.93. The van der Waals surface area contributed by atoms with E-state index in [0.29, 0.717) is 17.2 Å². The fourth-order valence-electron chi connectivity index (χ4n) is 2.21. The zero-order chi connectivity index (χ0) is 13.2. The molecule has 0 amide bonds. The van der Waals surface area contributed by atoms with Crippen molar-refractivity contribution in [1.29, 1.82) is 0 Å². The fraction of sp³-hybridized carbons (Fsp3) is 0.538. The van der Waals surface area contributed by atoms with Crippen LogP contribution in [0.25, 0.3) is 0 Å². The van der Waals surface area contributed by atoms with Gasteiger partial charge in [0.25, 0.3) is 0 Å². The Morgan fingerprint density at radius 2 is 1.44 bits per heavy atom. The molecule has 0 aliphatic carbocycles. The molecule has 1 aromatic carbocycles. The molecule has 1 fully saturated rings. The van der Waals surface area contributed by atoms with Gasteiger partial charge in [-0.05, 0) is 17.7 Å². The fourth-order valence-corrected chi connectivity index (χ4v) is 2.21. The third kappa shape index (κ3) is 2.11. The van der Waals surface area contributed by atoms with Crippen LogP contribution in [0, 0.1) is 0 Å². The molecule has 2 rings (SSSR count). The molecule has 5 heteroatoms. The first-order valence-corrected chi connectivity index (χ1v) is 5.91. The van der Waals surface area contributed by atoms with E-state index < -0.39 is 0 Å². The van der Waals surface area contributed by atoms with Gasteiger partial charge in [0.1, 0.15) is 0 Å². The highest BCUT2D eigenvalue weighted by Gasteiger charge is 2.32. The van der Waals surface area contributed by atoms with Crippen LogP contribution in [0.2, 0.25) is 0 Å². The van der Waals surface area contributed by atoms with Gasteiger partial charge in [0.2, 0.25) is 5.75 Å². The summed E-state index contributed by atoms with van der Waals surface area (Å²) in [5.41, 5.74) is 7.49. The van der Waals surface area contributed by atoms with Gasteiger partial charge in [0.05, 0.1) is 21.3 Å². The highest BCUT2D eigenvalue weighted by atomic mass is 16.5. The van der Waals surface area contributed by atoms with E-state index >= 15 is 0 Å². The number of methoxy groups -OCH3 is 3. The molecule has 0 saturated carbocycles. The van der Waals surface area contributed by atoms with Gasteiger partial charge < -0.3 is 14.2 Å². The molecule has 1 heterocycles. The third-order valence-electron chi connectivity index (χ3n) is 3.44. The van der Waals surface area contributed by atoms with Crippen LogP contribution in [-0.2, 0) is 5.41 Å². The lowest BCUT2D eigenvalue weighted by Gasteiger charge is -2.24. The molecule has 5 nitrogen and oxygen atoms in total. The average Bonchev–Trinajstić information content (AvgIpc) is 2.85. The van der Waals surface area contributed by atoms with E-state index in [9.17, 15) is 0 Å². The summed E-state index contributed by atoms with van der Waals surface area (Å²) >= 11 is 0. The number of rotatable bonds is 4. The molecule has 0 bridgehead atoms. The smallest absolute Gasteiger partial charge is 0.203 e. The minimum Gasteiger partial charge on any atom is -0.493 e. The number of ether oxygens (including phenoxy) is 3. The molecule has 2 N–H and O–H groups in total. The molecular weight excluding hydrogens is 232 g/mol. The Bertz CT molecular complexity index is 403. The van der Waals surface area contributed by atoms with Crippen molar-refractivity contribution < 1.29 is 14.2 Å². The van der Waals surface area contributed by atoms with Gasteiger partial charge in [-0.15, -0.1) is 0 Å². The molecule has 1 aromatic rings. The lowest BCUT2D eigenvalue weighted by molar-refractivity contribution is 0.322. The van der Waals surface area contributed by atoms with E-state index in [-0.39, 0.29) is 5.41 Å². The van der Waals surface area contributed by atoms with Crippen LogP contribution in [0.1, 0.15) is 12.5 Å². The Balaban J connectivity index is 2.49. The topological polar surface area (TPSA) is 51.8 Å². The van der Waals surface area contributed by atoms with Crippen molar-refractivity contribution in [2.45, 2.75) is 12.3 Å². The average molecular weight is 252 g/mol. The van der Waals surface area contributed by atoms with Crippen LogP contribution < -0.4 is 25.1 Å². The second kappa shape index (κ2) is 5.04. The number of hydrazine groups is 1. The highest BCUT2D eigenvalue weighted by molar-refractivity contribution is 5.55. The molecule has 0 radical (unpaired) electrons. The molecule has 1 aliphatic rings. The largest absolute Gasteiger partial charge is 0.493 e. The quantitative estimate of drug-likeness (QED) is 0.839. The summed E-state index contributed by atoms with van der Waals surface area (Å²) in [5.74, 6) is 2.02. The van der Waals surface area contributed by atoms with Gasteiger partial charge in [-0.3, -0.25) is 10.9 Å². The summed E-state index contributed by atoms with van der Waals surface area (Å²) in [5, 5.41) is 0. The molecule has 0 aromatic heterocycles. The number of nitrogens with one attached hydrogen (secondary N) is 2. The molecule has 18 heavy (non-hydrogen) atoms. The Morgan fingerprint density at radius 1 is 0.944 bits per heavy atom. The van der Waals surface area contributed by atoms with Crippen LogP contribution in [-0.4, -0.2) is 34.4 Å². The van der Waals surface area contributed by atoms with Crippen molar-refractivity contribution >= 4 is 0 Å². The van der Waals surface area contributed by atoms with Gasteiger partial charge in [-0.1, -0.05) is 6.92 Å². The SMILES string of the molecule is COc1cc(C2(C)CNNC2)cc(OC)c1OC. The number of hydrogen-bond acceptors (Lipinski definition) is 5. The molecule has 1 aliphatic heterocycles. The summed E-state index contributed by atoms with van der Waals surface area (Å²) in [6, 6.07) is 4.02. The molecule has 1 saturated heterocycles. The van der Waals surface area contributed by atoms with Gasteiger partial charge in [0.15, 0.2) is 11.5 Å². The van der Waals surface area contributed by atoms with E-state index in [4.69, 9.17) is 14.2 Å². The van der Waals surface area contributed by atoms with E-state index in [1.807, 2.05) is 12.1 Å².